The fraction of sp³-hybridized carbons (Fsp3) is 0.846. The predicted molar refractivity (Wildman–Crippen MR) is 82.8 cm³/mol. The smallest absolute Gasteiger partial charge is 0.129 e. The van der Waals surface area contributed by atoms with E-state index in [2.05, 4.69) is 75.4 Å². The van der Waals surface area contributed by atoms with Crippen LogP contribution in [0.15, 0.2) is 0 Å². The summed E-state index contributed by atoms with van der Waals surface area (Å²) in [5.74, 6) is 6.19. The maximum atomic E-state index is 3.65. The molecule has 0 aromatic rings. The van der Waals surface area contributed by atoms with Gasteiger partial charge in [0.25, 0.3) is 0 Å². The highest BCUT2D eigenvalue weighted by Gasteiger charge is 2.43. The zero-order valence-corrected chi connectivity index (χ0v) is 14.1. The molecule has 0 atom stereocenters. The Labute approximate surface area is 111 Å². The fourth-order valence-electron chi connectivity index (χ4n) is 1.49. The van der Waals surface area contributed by atoms with Gasteiger partial charge in [0, 0.05) is 0 Å². The van der Waals surface area contributed by atoms with Crippen LogP contribution in [0.3, 0.4) is 0 Å². The summed E-state index contributed by atoms with van der Waals surface area (Å²) < 4.78 is 0.130. The van der Waals surface area contributed by atoms with Crippen molar-refractivity contribution in [1.82, 2.24) is 0 Å². The Hall–Kier alpha value is 0.477. The summed E-state index contributed by atoms with van der Waals surface area (Å²) in [4.78, 5) is 0. The molecule has 0 radical (unpaired) electrons. The SMILES string of the molecule is CC(C)(C)C1(C#C[Si](C)(C)C)SCCCS1. The van der Waals surface area contributed by atoms with E-state index in [1.165, 1.54) is 17.9 Å². The fourth-order valence-corrected chi connectivity index (χ4v) is 5.52. The lowest BCUT2D eigenvalue weighted by Crippen LogP contribution is -2.38. The summed E-state index contributed by atoms with van der Waals surface area (Å²) in [6.07, 6.45) is 1.34. The minimum atomic E-state index is -1.25. The van der Waals surface area contributed by atoms with Crippen molar-refractivity contribution in [2.45, 2.75) is 50.9 Å². The summed E-state index contributed by atoms with van der Waals surface area (Å²) >= 11 is 4.14. The van der Waals surface area contributed by atoms with Gasteiger partial charge in [-0.2, -0.15) is 0 Å². The molecule has 0 spiro atoms. The number of rotatable bonds is 0. The van der Waals surface area contributed by atoms with Crippen LogP contribution in [0.1, 0.15) is 27.2 Å². The van der Waals surface area contributed by atoms with E-state index in [1.807, 2.05) is 0 Å². The van der Waals surface area contributed by atoms with Gasteiger partial charge in [-0.1, -0.05) is 46.3 Å². The molecule has 0 N–H and O–H groups in total. The van der Waals surface area contributed by atoms with E-state index in [0.29, 0.717) is 0 Å². The van der Waals surface area contributed by atoms with Crippen LogP contribution in [-0.4, -0.2) is 23.7 Å². The van der Waals surface area contributed by atoms with Gasteiger partial charge < -0.3 is 0 Å². The molecule has 0 aromatic carbocycles. The second-order valence-corrected chi connectivity index (χ2v) is 14.0. The monoisotopic (exact) mass is 272 g/mol. The third-order valence-electron chi connectivity index (χ3n) is 2.49. The molecule has 1 heterocycles. The van der Waals surface area contributed by atoms with Crippen molar-refractivity contribution in [2.75, 3.05) is 11.5 Å². The summed E-state index contributed by atoms with van der Waals surface area (Å²) in [5, 5.41) is 0. The number of hydrogen-bond acceptors (Lipinski definition) is 2. The lowest BCUT2D eigenvalue weighted by atomic mass is 9.91. The van der Waals surface area contributed by atoms with Crippen LogP contribution < -0.4 is 0 Å². The van der Waals surface area contributed by atoms with Crippen molar-refractivity contribution in [1.29, 1.82) is 0 Å². The normalized spacial score (nSPS) is 21.1. The largest absolute Gasteiger partial charge is 0.131 e. The molecule has 0 aromatic heterocycles. The van der Waals surface area contributed by atoms with Crippen molar-refractivity contribution in [2.24, 2.45) is 5.41 Å². The Bertz CT molecular complexity index is 293. The minimum Gasteiger partial charge on any atom is -0.131 e. The molecule has 1 saturated heterocycles. The van der Waals surface area contributed by atoms with Gasteiger partial charge in [0.05, 0.1) is 0 Å². The molecule has 0 nitrogen and oxygen atoms in total. The molecule has 0 aliphatic carbocycles. The highest BCUT2D eigenvalue weighted by Crippen LogP contribution is 2.52. The summed E-state index contributed by atoms with van der Waals surface area (Å²) in [6.45, 7) is 14.0. The average molecular weight is 273 g/mol. The first-order valence-corrected chi connectivity index (χ1v) is 11.5. The van der Waals surface area contributed by atoms with Crippen LogP contribution in [0.5, 0.6) is 0 Å². The van der Waals surface area contributed by atoms with Crippen molar-refractivity contribution in [3.63, 3.8) is 0 Å². The topological polar surface area (TPSA) is 0 Å². The molecule has 1 aliphatic rings. The maximum Gasteiger partial charge on any atom is 0.129 e. The zero-order chi connectivity index (χ0) is 12.4. The van der Waals surface area contributed by atoms with E-state index in [-0.39, 0.29) is 9.49 Å². The molecule has 0 saturated carbocycles. The second kappa shape index (κ2) is 5.00. The summed E-state index contributed by atoms with van der Waals surface area (Å²) in [7, 11) is -1.25. The van der Waals surface area contributed by atoms with Crippen molar-refractivity contribution >= 4 is 31.6 Å². The number of hydrogen-bond donors (Lipinski definition) is 0. The number of thioether (sulfide) groups is 2. The average Bonchev–Trinajstić information content (AvgIpc) is 2.13. The first kappa shape index (κ1) is 14.5. The van der Waals surface area contributed by atoms with E-state index >= 15 is 0 Å². The van der Waals surface area contributed by atoms with Gasteiger partial charge in [-0.3, -0.25) is 0 Å². The molecule has 0 bridgehead atoms. The van der Waals surface area contributed by atoms with E-state index in [4.69, 9.17) is 0 Å². The molecule has 3 heteroatoms. The van der Waals surface area contributed by atoms with Gasteiger partial charge in [-0.15, -0.1) is 29.1 Å². The lowest BCUT2D eigenvalue weighted by molar-refractivity contribution is 0.415. The Balaban J connectivity index is 2.99. The van der Waals surface area contributed by atoms with E-state index in [9.17, 15) is 0 Å². The Kier molecular flexibility index (Phi) is 4.54. The van der Waals surface area contributed by atoms with Crippen LogP contribution in [-0.2, 0) is 0 Å². The molecule has 1 fully saturated rings. The second-order valence-electron chi connectivity index (χ2n) is 6.42. The Morgan fingerprint density at radius 1 is 1.06 bits per heavy atom. The van der Waals surface area contributed by atoms with Crippen LogP contribution in [0.4, 0.5) is 0 Å². The molecular formula is C13H24S2Si. The summed E-state index contributed by atoms with van der Waals surface area (Å²) in [6, 6.07) is 0. The molecule has 92 valence electrons. The molecule has 16 heavy (non-hydrogen) atoms. The Morgan fingerprint density at radius 3 is 1.94 bits per heavy atom. The zero-order valence-electron chi connectivity index (χ0n) is 11.4. The third kappa shape index (κ3) is 3.75. The maximum absolute atomic E-state index is 3.65. The van der Waals surface area contributed by atoms with Gasteiger partial charge in [-0.05, 0) is 23.3 Å². The first-order chi connectivity index (χ1) is 7.16. The van der Waals surface area contributed by atoms with Crippen molar-refractivity contribution < 1.29 is 0 Å². The van der Waals surface area contributed by atoms with Crippen LogP contribution >= 0.6 is 23.5 Å². The standard InChI is InChI=1S/C13H24S2Si/c1-12(2,3)13(8-11-16(4,5)6)14-9-7-10-15-13/h7,9-10H2,1-6H3. The van der Waals surface area contributed by atoms with Gasteiger partial charge >= 0.3 is 0 Å². The molecule has 0 amide bonds. The van der Waals surface area contributed by atoms with E-state index in [1.54, 1.807) is 0 Å². The lowest BCUT2D eigenvalue weighted by Gasteiger charge is -2.42. The quantitative estimate of drug-likeness (QED) is 0.471. The third-order valence-corrected chi connectivity index (χ3v) is 7.30. The van der Waals surface area contributed by atoms with Gasteiger partial charge in [0.1, 0.15) is 12.2 Å². The minimum absolute atomic E-state index is 0.130. The van der Waals surface area contributed by atoms with Gasteiger partial charge in [-0.25, -0.2) is 0 Å². The van der Waals surface area contributed by atoms with Crippen LogP contribution in [0.25, 0.3) is 0 Å². The van der Waals surface area contributed by atoms with E-state index < -0.39 is 8.07 Å². The van der Waals surface area contributed by atoms with Crippen LogP contribution in [0.2, 0.25) is 19.6 Å². The molecule has 0 unspecified atom stereocenters. The van der Waals surface area contributed by atoms with Gasteiger partial charge in [0.2, 0.25) is 0 Å². The highest BCUT2D eigenvalue weighted by atomic mass is 32.2. The van der Waals surface area contributed by atoms with Crippen molar-refractivity contribution in [3.05, 3.63) is 0 Å². The molecule has 1 rings (SSSR count). The van der Waals surface area contributed by atoms with Crippen molar-refractivity contribution in [3.8, 4) is 11.5 Å². The Morgan fingerprint density at radius 2 is 1.56 bits per heavy atom. The molecule has 1 aliphatic heterocycles. The first-order valence-electron chi connectivity index (χ1n) is 5.99. The molecular weight excluding hydrogens is 248 g/mol. The highest BCUT2D eigenvalue weighted by molar-refractivity contribution is 8.19. The predicted octanol–water partition coefficient (Wildman–Crippen LogP) is 4.48. The van der Waals surface area contributed by atoms with Crippen LogP contribution in [0, 0.1) is 16.9 Å². The van der Waals surface area contributed by atoms with E-state index in [0.717, 1.165) is 0 Å². The summed E-state index contributed by atoms with van der Waals surface area (Å²) in [5.41, 5.74) is 3.85. The van der Waals surface area contributed by atoms with Gasteiger partial charge in [0.15, 0.2) is 0 Å².